The molecule has 0 N–H and O–H groups in total. The molecule has 0 aromatic heterocycles. The van der Waals surface area contributed by atoms with Crippen molar-refractivity contribution >= 4 is 5.78 Å². The van der Waals surface area contributed by atoms with Crippen LogP contribution >= 0.6 is 0 Å². The van der Waals surface area contributed by atoms with Gasteiger partial charge in [-0.2, -0.15) is 0 Å². The molecule has 48 valence electrons. The zero-order chi connectivity index (χ0) is 7.28. The molecule has 0 aliphatic heterocycles. The van der Waals surface area contributed by atoms with Crippen molar-refractivity contribution < 1.29 is 4.79 Å². The van der Waals surface area contributed by atoms with Crippen LogP contribution in [0.15, 0.2) is 11.6 Å². The lowest BCUT2D eigenvalue weighted by Gasteiger charge is -1.85. The van der Waals surface area contributed by atoms with Gasteiger partial charge in [0.25, 0.3) is 0 Å². The second kappa shape index (κ2) is 3.91. The molecule has 0 aliphatic carbocycles. The third-order valence-electron chi connectivity index (χ3n) is 0.923. The Bertz CT molecular complexity index is 169. The molecule has 0 radical (unpaired) electrons. The lowest BCUT2D eigenvalue weighted by atomic mass is 10.2. The van der Waals surface area contributed by atoms with Gasteiger partial charge in [0.1, 0.15) is 5.78 Å². The van der Waals surface area contributed by atoms with Gasteiger partial charge in [-0.3, -0.25) is 4.79 Å². The van der Waals surface area contributed by atoms with Crippen LogP contribution in [0.5, 0.6) is 0 Å². The van der Waals surface area contributed by atoms with Crippen molar-refractivity contribution in [3.8, 4) is 12.3 Å². The topological polar surface area (TPSA) is 17.1 Å². The van der Waals surface area contributed by atoms with Gasteiger partial charge < -0.3 is 0 Å². The van der Waals surface area contributed by atoms with Gasteiger partial charge in [0.05, 0.1) is 0 Å². The third-order valence-corrected chi connectivity index (χ3v) is 0.923. The van der Waals surface area contributed by atoms with E-state index in [9.17, 15) is 4.79 Å². The van der Waals surface area contributed by atoms with Gasteiger partial charge in [-0.25, -0.2) is 0 Å². The molecule has 1 heteroatoms. The number of hydrogen-bond donors (Lipinski definition) is 0. The lowest BCUT2D eigenvalue weighted by Crippen LogP contribution is -1.85. The number of Topliss-reactive ketones (excluding diaryl/α,β-unsaturated/α-hetero) is 1. The van der Waals surface area contributed by atoms with Crippen LogP contribution in [0.4, 0.5) is 0 Å². The lowest BCUT2D eigenvalue weighted by molar-refractivity contribution is -0.116. The summed E-state index contributed by atoms with van der Waals surface area (Å²) in [6.45, 7) is 3.35. The van der Waals surface area contributed by atoms with Crippen molar-refractivity contribution in [2.24, 2.45) is 0 Å². The maximum Gasteiger partial charge on any atom is 0.133 e. The molecule has 0 spiro atoms. The van der Waals surface area contributed by atoms with Crippen molar-refractivity contribution in [3.05, 3.63) is 11.6 Å². The highest BCUT2D eigenvalue weighted by atomic mass is 16.1. The van der Waals surface area contributed by atoms with E-state index >= 15 is 0 Å². The Morgan fingerprint density at radius 2 is 2.22 bits per heavy atom. The molecule has 0 heterocycles. The van der Waals surface area contributed by atoms with E-state index in [1.165, 1.54) is 0 Å². The predicted molar refractivity (Wildman–Crippen MR) is 37.9 cm³/mol. The minimum absolute atomic E-state index is 0.143. The van der Waals surface area contributed by atoms with Gasteiger partial charge in [0, 0.05) is 6.42 Å². The summed E-state index contributed by atoms with van der Waals surface area (Å²) in [4.78, 5) is 10.4. The van der Waals surface area contributed by atoms with E-state index in [1.807, 2.05) is 6.92 Å². The molecule has 0 fully saturated rings. The number of allylic oxidation sites excluding steroid dienone is 2. The highest BCUT2D eigenvalue weighted by Gasteiger charge is 1.86. The minimum atomic E-state index is 0.143. The minimum Gasteiger partial charge on any atom is -0.300 e. The zero-order valence-corrected chi connectivity index (χ0v) is 5.77. The molecule has 0 rings (SSSR count). The average Bonchev–Trinajstić information content (AvgIpc) is 1.83. The first kappa shape index (κ1) is 7.97. The molecular weight excluding hydrogens is 112 g/mol. The second-order valence-corrected chi connectivity index (χ2v) is 1.94. The Hall–Kier alpha value is -1.03. The fraction of sp³-hybridized carbons (Fsp3) is 0.375. The van der Waals surface area contributed by atoms with Crippen molar-refractivity contribution in [2.45, 2.75) is 20.3 Å². The van der Waals surface area contributed by atoms with Crippen molar-refractivity contribution in [3.63, 3.8) is 0 Å². The summed E-state index contributed by atoms with van der Waals surface area (Å²) in [6.07, 6.45) is 7.24. The molecule has 0 aliphatic rings. The number of ketones is 1. The van der Waals surface area contributed by atoms with Crippen LogP contribution in [-0.2, 0) is 4.79 Å². The standard InChI is InChI=1S/C8H10O/c1-4-7(2)5-6-8(3)9/h1,5H,6H2,2-3H3. The highest BCUT2D eigenvalue weighted by Crippen LogP contribution is 1.92. The van der Waals surface area contributed by atoms with Crippen LogP contribution in [0.25, 0.3) is 0 Å². The Kier molecular flexibility index (Phi) is 3.46. The van der Waals surface area contributed by atoms with E-state index in [1.54, 1.807) is 13.0 Å². The van der Waals surface area contributed by atoms with E-state index in [0.717, 1.165) is 5.57 Å². The quantitative estimate of drug-likeness (QED) is 0.508. The van der Waals surface area contributed by atoms with Gasteiger partial charge >= 0.3 is 0 Å². The monoisotopic (exact) mass is 122 g/mol. The van der Waals surface area contributed by atoms with Crippen molar-refractivity contribution in [1.82, 2.24) is 0 Å². The Morgan fingerprint density at radius 1 is 1.67 bits per heavy atom. The van der Waals surface area contributed by atoms with Crippen LogP contribution in [0.1, 0.15) is 20.3 Å². The maximum atomic E-state index is 10.4. The molecule has 9 heavy (non-hydrogen) atoms. The summed E-state index contributed by atoms with van der Waals surface area (Å²) in [5, 5.41) is 0. The SMILES string of the molecule is C#CC(C)=CCC(C)=O. The summed E-state index contributed by atoms with van der Waals surface area (Å²) in [7, 11) is 0. The summed E-state index contributed by atoms with van der Waals surface area (Å²) in [5.74, 6) is 2.57. The van der Waals surface area contributed by atoms with Gasteiger partial charge in [-0.1, -0.05) is 12.0 Å². The molecule has 1 nitrogen and oxygen atoms in total. The molecule has 0 unspecified atom stereocenters. The summed E-state index contributed by atoms with van der Waals surface area (Å²) in [6, 6.07) is 0. The van der Waals surface area contributed by atoms with Crippen LogP contribution in [0.3, 0.4) is 0 Å². The van der Waals surface area contributed by atoms with Crippen molar-refractivity contribution in [1.29, 1.82) is 0 Å². The number of carbonyl (C=O) groups is 1. The predicted octanol–water partition coefficient (Wildman–Crippen LogP) is 1.54. The smallest absolute Gasteiger partial charge is 0.133 e. The fourth-order valence-electron chi connectivity index (χ4n) is 0.356. The van der Waals surface area contributed by atoms with Gasteiger partial charge in [0.15, 0.2) is 0 Å². The first-order chi connectivity index (χ1) is 4.16. The number of carbonyl (C=O) groups excluding carboxylic acids is 1. The molecule has 0 aromatic rings. The molecular formula is C8H10O. The summed E-state index contributed by atoms with van der Waals surface area (Å²) < 4.78 is 0. The van der Waals surface area contributed by atoms with E-state index in [4.69, 9.17) is 6.42 Å². The molecule has 0 saturated heterocycles. The Labute approximate surface area is 55.8 Å². The highest BCUT2D eigenvalue weighted by molar-refractivity contribution is 5.77. The molecule has 0 bridgehead atoms. The van der Waals surface area contributed by atoms with Gasteiger partial charge in [-0.15, -0.1) is 6.42 Å². The normalized spacial score (nSPS) is 10.6. The van der Waals surface area contributed by atoms with Crippen LogP contribution in [0, 0.1) is 12.3 Å². The van der Waals surface area contributed by atoms with Crippen molar-refractivity contribution in [2.75, 3.05) is 0 Å². The van der Waals surface area contributed by atoms with Crippen LogP contribution in [-0.4, -0.2) is 5.78 Å². The number of terminal acetylenes is 1. The van der Waals surface area contributed by atoms with Crippen LogP contribution < -0.4 is 0 Å². The van der Waals surface area contributed by atoms with Gasteiger partial charge in [-0.05, 0) is 19.4 Å². The first-order valence-electron chi connectivity index (χ1n) is 2.79. The largest absolute Gasteiger partial charge is 0.300 e. The summed E-state index contributed by atoms with van der Waals surface area (Å²) >= 11 is 0. The maximum absolute atomic E-state index is 10.4. The molecule has 0 saturated carbocycles. The second-order valence-electron chi connectivity index (χ2n) is 1.94. The first-order valence-corrected chi connectivity index (χ1v) is 2.79. The van der Waals surface area contributed by atoms with Gasteiger partial charge in [0.2, 0.25) is 0 Å². The third kappa shape index (κ3) is 4.83. The Morgan fingerprint density at radius 3 is 2.56 bits per heavy atom. The number of rotatable bonds is 2. The average molecular weight is 122 g/mol. The fourth-order valence-corrected chi connectivity index (χ4v) is 0.356. The summed E-state index contributed by atoms with van der Waals surface area (Å²) in [5.41, 5.74) is 0.824. The number of hydrogen-bond acceptors (Lipinski definition) is 1. The van der Waals surface area contributed by atoms with Crippen LogP contribution in [0.2, 0.25) is 0 Å². The zero-order valence-electron chi connectivity index (χ0n) is 5.77. The molecule has 0 atom stereocenters. The molecule has 0 aromatic carbocycles. The van der Waals surface area contributed by atoms with E-state index in [0.29, 0.717) is 6.42 Å². The Balaban J connectivity index is 3.74. The van der Waals surface area contributed by atoms with E-state index in [-0.39, 0.29) is 5.78 Å². The van der Waals surface area contributed by atoms with E-state index in [2.05, 4.69) is 5.92 Å². The molecule has 0 amide bonds. The van der Waals surface area contributed by atoms with E-state index < -0.39 is 0 Å².